The van der Waals surface area contributed by atoms with Crippen molar-refractivity contribution in [3.63, 3.8) is 0 Å². The van der Waals surface area contributed by atoms with E-state index < -0.39 is 15.6 Å². The number of hydrogen-bond acceptors (Lipinski definition) is 5. The van der Waals surface area contributed by atoms with E-state index in [4.69, 9.17) is 0 Å². The smallest absolute Gasteiger partial charge is 0.286 e. The van der Waals surface area contributed by atoms with Crippen molar-refractivity contribution >= 4 is 27.4 Å². The first-order chi connectivity index (χ1) is 14.6. The highest BCUT2D eigenvalue weighted by molar-refractivity contribution is 7.92. The van der Waals surface area contributed by atoms with Gasteiger partial charge in [-0.25, -0.2) is 4.21 Å². The van der Waals surface area contributed by atoms with E-state index in [2.05, 4.69) is 31.6 Å². The fraction of sp³-hybridized carbons (Fsp3) is 0.182. The Kier molecular flexibility index (Phi) is 6.32. The number of aryl methyl sites for hydroxylation is 2. The number of nitrogens with zero attached hydrogens (tertiary/aromatic N) is 4. The summed E-state index contributed by atoms with van der Waals surface area (Å²) in [6, 6.07) is 10.2. The molecule has 31 heavy (non-hydrogen) atoms. The minimum atomic E-state index is -2.56. The molecule has 0 unspecified atom stereocenters. The van der Waals surface area contributed by atoms with Gasteiger partial charge in [-0.1, -0.05) is 17.9 Å². The molecular formula is C22H21N5O3S. The van der Waals surface area contributed by atoms with Gasteiger partial charge in [0.25, 0.3) is 11.8 Å². The normalized spacial score (nSPS) is 10.7. The van der Waals surface area contributed by atoms with Gasteiger partial charge in [0.1, 0.15) is 5.82 Å². The average Bonchev–Trinajstić information content (AvgIpc) is 3.02. The van der Waals surface area contributed by atoms with Crippen molar-refractivity contribution in [1.29, 1.82) is 0 Å². The molecule has 1 N–H and O–H groups in total. The lowest BCUT2D eigenvalue weighted by Gasteiger charge is -2.05. The molecule has 158 valence electrons. The van der Waals surface area contributed by atoms with Crippen LogP contribution in [0.4, 0.5) is 5.82 Å². The van der Waals surface area contributed by atoms with Gasteiger partial charge < -0.3 is 5.32 Å². The molecule has 0 atom stereocenters. The van der Waals surface area contributed by atoms with Gasteiger partial charge in [-0.05, 0) is 31.2 Å². The number of carbonyl (C=O) groups is 2. The van der Waals surface area contributed by atoms with E-state index in [0.717, 1.165) is 5.69 Å². The molecule has 2 amide bonds. The molecule has 2 heterocycles. The molecule has 0 bridgehead atoms. The van der Waals surface area contributed by atoms with Gasteiger partial charge in [0.2, 0.25) is 0 Å². The van der Waals surface area contributed by atoms with E-state index in [-0.39, 0.29) is 11.5 Å². The van der Waals surface area contributed by atoms with Crippen LogP contribution in [0.25, 0.3) is 0 Å². The molecule has 0 fully saturated rings. The van der Waals surface area contributed by atoms with Crippen molar-refractivity contribution in [3.05, 3.63) is 76.7 Å². The monoisotopic (exact) mass is 435 g/mol. The molecule has 0 radical (unpaired) electrons. The van der Waals surface area contributed by atoms with Crippen LogP contribution in [0.1, 0.15) is 37.5 Å². The molecular weight excluding hydrogens is 414 g/mol. The highest BCUT2D eigenvalue weighted by atomic mass is 32.2. The third kappa shape index (κ3) is 6.10. The van der Waals surface area contributed by atoms with E-state index in [1.807, 2.05) is 6.92 Å². The van der Waals surface area contributed by atoms with Gasteiger partial charge >= 0.3 is 0 Å². The quantitative estimate of drug-likeness (QED) is 0.637. The first-order valence-electron chi connectivity index (χ1n) is 9.21. The number of rotatable bonds is 3. The van der Waals surface area contributed by atoms with Crippen LogP contribution in [0, 0.1) is 18.8 Å². The van der Waals surface area contributed by atoms with Crippen molar-refractivity contribution in [3.8, 4) is 11.8 Å². The van der Waals surface area contributed by atoms with E-state index in [1.165, 1.54) is 31.0 Å². The first kappa shape index (κ1) is 21.9. The molecule has 3 rings (SSSR count). The largest absolute Gasteiger partial charge is 0.307 e. The number of anilines is 1. The second kappa shape index (κ2) is 8.93. The Hall–Kier alpha value is -3.77. The molecule has 8 nitrogen and oxygen atoms in total. The number of amides is 2. The number of hydrogen-bond donors (Lipinski definition) is 1. The van der Waals surface area contributed by atoms with Gasteiger partial charge in [0.15, 0.2) is 0 Å². The number of carbonyl (C=O) groups excluding carboxylic acids is 2. The lowest BCUT2D eigenvalue weighted by molar-refractivity contribution is 0.100. The van der Waals surface area contributed by atoms with E-state index >= 15 is 0 Å². The third-order valence-electron chi connectivity index (χ3n) is 4.01. The second-order valence-corrected chi connectivity index (χ2v) is 9.66. The Labute approximate surface area is 180 Å². The van der Waals surface area contributed by atoms with Gasteiger partial charge in [0, 0.05) is 64.4 Å². The highest BCUT2D eigenvalue weighted by Gasteiger charge is 2.10. The van der Waals surface area contributed by atoms with Crippen molar-refractivity contribution in [2.45, 2.75) is 6.92 Å². The van der Waals surface area contributed by atoms with Crippen LogP contribution < -0.4 is 5.32 Å². The Balaban J connectivity index is 1.80. The van der Waals surface area contributed by atoms with Gasteiger partial charge in [-0.2, -0.15) is 9.46 Å². The Bertz CT molecular complexity index is 1350. The summed E-state index contributed by atoms with van der Waals surface area (Å²) in [6.07, 6.45) is 5.65. The number of benzene rings is 1. The average molecular weight is 436 g/mol. The van der Waals surface area contributed by atoms with Crippen LogP contribution in [0.15, 0.2) is 53.2 Å². The molecule has 1 aromatic carbocycles. The molecule has 2 aromatic heterocycles. The van der Waals surface area contributed by atoms with E-state index in [1.54, 1.807) is 42.1 Å². The molecule has 0 aliphatic carbocycles. The van der Waals surface area contributed by atoms with Gasteiger partial charge in [0.05, 0.1) is 11.3 Å². The zero-order chi connectivity index (χ0) is 22.6. The van der Waals surface area contributed by atoms with Crippen molar-refractivity contribution in [2.75, 3.05) is 17.8 Å². The minimum absolute atomic E-state index is 0.211. The maximum absolute atomic E-state index is 12.6. The predicted octanol–water partition coefficient (Wildman–Crippen LogP) is 2.64. The molecule has 9 heteroatoms. The summed E-state index contributed by atoms with van der Waals surface area (Å²) in [5.74, 6) is 5.61. The Morgan fingerprint density at radius 3 is 2.45 bits per heavy atom. The molecule has 3 aromatic rings. The Morgan fingerprint density at radius 2 is 1.77 bits per heavy atom. The highest BCUT2D eigenvalue weighted by Crippen LogP contribution is 2.12. The fourth-order valence-corrected chi connectivity index (χ4v) is 3.18. The van der Waals surface area contributed by atoms with Crippen molar-refractivity contribution < 1.29 is 13.8 Å². The lowest BCUT2D eigenvalue weighted by atomic mass is 10.1. The standard InChI is InChI=1S/C22H21N5O3S/c1-15-10-20(27(2)25-15)24-21(28)18-7-5-6-16(11-18)8-9-17-12-19(14-23-13-17)22(29)26-31(3,4)30/h5-7,10-14H,1-4H3,(H,24,28). The van der Waals surface area contributed by atoms with Crippen LogP contribution in [0.5, 0.6) is 0 Å². The van der Waals surface area contributed by atoms with Crippen LogP contribution >= 0.6 is 0 Å². The summed E-state index contributed by atoms with van der Waals surface area (Å²) < 4.78 is 17.0. The topological polar surface area (TPSA) is 106 Å². The summed E-state index contributed by atoms with van der Waals surface area (Å²) in [6.45, 7) is 1.85. The Morgan fingerprint density at radius 1 is 1.06 bits per heavy atom. The summed E-state index contributed by atoms with van der Waals surface area (Å²) in [5, 5.41) is 7.02. The SMILES string of the molecule is Cc1cc(NC(=O)c2cccc(C#Cc3cncc(C(=O)N=S(C)(C)=O)c3)c2)n(C)n1. The zero-order valence-electron chi connectivity index (χ0n) is 17.5. The number of aromatic nitrogens is 3. The number of pyridine rings is 1. The number of nitrogens with one attached hydrogen (secondary N) is 1. The van der Waals surface area contributed by atoms with Gasteiger partial charge in [-0.15, -0.1) is 0 Å². The predicted molar refractivity (Wildman–Crippen MR) is 119 cm³/mol. The summed E-state index contributed by atoms with van der Waals surface area (Å²) in [4.78, 5) is 28.7. The lowest BCUT2D eigenvalue weighted by Crippen LogP contribution is -2.14. The summed E-state index contributed by atoms with van der Waals surface area (Å²) in [5.41, 5.74) is 2.59. The first-order valence-corrected chi connectivity index (χ1v) is 11.5. The van der Waals surface area contributed by atoms with Crippen LogP contribution in [-0.4, -0.2) is 43.3 Å². The molecule has 0 saturated carbocycles. The van der Waals surface area contributed by atoms with Crippen molar-refractivity contribution in [1.82, 2.24) is 14.8 Å². The molecule has 0 spiro atoms. The second-order valence-electron chi connectivity index (χ2n) is 7.12. The fourth-order valence-electron chi connectivity index (χ4n) is 2.68. The van der Waals surface area contributed by atoms with Crippen molar-refractivity contribution in [2.24, 2.45) is 11.4 Å². The minimum Gasteiger partial charge on any atom is -0.307 e. The maximum atomic E-state index is 12.6. The third-order valence-corrected chi connectivity index (χ3v) is 4.61. The molecule has 0 aliphatic heterocycles. The summed E-state index contributed by atoms with van der Waals surface area (Å²) in [7, 11) is -0.804. The van der Waals surface area contributed by atoms with Crippen LogP contribution in [0.2, 0.25) is 0 Å². The maximum Gasteiger partial charge on any atom is 0.286 e. The van der Waals surface area contributed by atoms with E-state index in [0.29, 0.717) is 22.5 Å². The zero-order valence-corrected chi connectivity index (χ0v) is 18.4. The molecule has 0 saturated heterocycles. The van der Waals surface area contributed by atoms with Crippen LogP contribution in [-0.2, 0) is 16.8 Å². The van der Waals surface area contributed by atoms with Gasteiger partial charge in [-0.3, -0.25) is 19.3 Å². The van der Waals surface area contributed by atoms with E-state index in [9.17, 15) is 13.8 Å². The summed E-state index contributed by atoms with van der Waals surface area (Å²) >= 11 is 0. The molecule has 0 aliphatic rings. The van der Waals surface area contributed by atoms with Crippen LogP contribution in [0.3, 0.4) is 0 Å².